The van der Waals surface area contributed by atoms with Gasteiger partial charge in [0.2, 0.25) is 5.91 Å². The van der Waals surface area contributed by atoms with Crippen LogP contribution in [0.2, 0.25) is 0 Å². The van der Waals surface area contributed by atoms with Crippen LogP contribution in [-0.4, -0.2) is 33.5 Å². The predicted molar refractivity (Wildman–Crippen MR) is 160 cm³/mol. The molecule has 4 rings (SSSR count). The van der Waals surface area contributed by atoms with Gasteiger partial charge in [-0.3, -0.25) is 14.4 Å². The number of rotatable bonds is 10. The van der Waals surface area contributed by atoms with Gasteiger partial charge in [0.1, 0.15) is 23.0 Å². The van der Waals surface area contributed by atoms with Gasteiger partial charge in [0.25, 0.3) is 11.8 Å². The SMILES string of the molecule is CCc1ccc(C(C)(NC(=O)c2cnn3c2N[C@@H](c2ccccc2)CC3(C)C)C(=O)N[C@@H](CC(C)C)C(N)=O)cc1. The number of aromatic nitrogens is 2. The lowest BCUT2D eigenvalue weighted by molar-refractivity contribution is -0.131. The Morgan fingerprint density at radius 3 is 2.37 bits per heavy atom. The van der Waals surface area contributed by atoms with E-state index in [0.29, 0.717) is 23.4 Å². The minimum absolute atomic E-state index is 0.0226. The van der Waals surface area contributed by atoms with Crippen LogP contribution in [0, 0.1) is 5.92 Å². The minimum atomic E-state index is -1.49. The molecule has 41 heavy (non-hydrogen) atoms. The Kier molecular flexibility index (Phi) is 8.56. The van der Waals surface area contributed by atoms with Gasteiger partial charge in [-0.2, -0.15) is 5.10 Å². The van der Waals surface area contributed by atoms with E-state index >= 15 is 0 Å². The number of hydrogen-bond acceptors (Lipinski definition) is 5. The first-order valence-corrected chi connectivity index (χ1v) is 14.3. The van der Waals surface area contributed by atoms with E-state index in [1.807, 2.05) is 67.9 Å². The average molecular weight is 559 g/mol. The number of carbonyl (C=O) groups is 3. The van der Waals surface area contributed by atoms with Crippen LogP contribution in [0.3, 0.4) is 0 Å². The molecule has 1 aliphatic heterocycles. The Labute approximate surface area is 242 Å². The highest BCUT2D eigenvalue weighted by Gasteiger charge is 2.41. The molecule has 1 unspecified atom stereocenters. The number of nitrogens with one attached hydrogen (secondary N) is 3. The Bertz CT molecular complexity index is 1400. The molecule has 2 aromatic carbocycles. The van der Waals surface area contributed by atoms with E-state index in [-0.39, 0.29) is 17.5 Å². The summed E-state index contributed by atoms with van der Waals surface area (Å²) in [6.45, 7) is 11.8. The number of benzene rings is 2. The van der Waals surface area contributed by atoms with E-state index in [2.05, 4.69) is 47.0 Å². The molecule has 218 valence electrons. The zero-order valence-corrected chi connectivity index (χ0v) is 24.8. The molecule has 1 aromatic heterocycles. The molecule has 0 bridgehead atoms. The third-order valence-electron chi connectivity index (χ3n) is 7.92. The smallest absolute Gasteiger partial charge is 0.257 e. The largest absolute Gasteiger partial charge is 0.368 e. The van der Waals surface area contributed by atoms with Gasteiger partial charge >= 0.3 is 0 Å². The maximum atomic E-state index is 14.0. The number of nitrogens with two attached hydrogens (primary N) is 1. The molecule has 5 N–H and O–H groups in total. The lowest BCUT2D eigenvalue weighted by Crippen LogP contribution is -2.58. The van der Waals surface area contributed by atoms with Crippen molar-refractivity contribution in [2.24, 2.45) is 11.7 Å². The van der Waals surface area contributed by atoms with Crippen LogP contribution in [0.4, 0.5) is 5.82 Å². The van der Waals surface area contributed by atoms with Crippen molar-refractivity contribution < 1.29 is 14.4 Å². The lowest BCUT2D eigenvalue weighted by atomic mass is 9.88. The van der Waals surface area contributed by atoms with Crippen LogP contribution in [0.15, 0.2) is 60.8 Å². The van der Waals surface area contributed by atoms with Crippen LogP contribution in [0.5, 0.6) is 0 Å². The lowest BCUT2D eigenvalue weighted by Gasteiger charge is -2.38. The van der Waals surface area contributed by atoms with Crippen LogP contribution >= 0.6 is 0 Å². The Morgan fingerprint density at radius 1 is 1.12 bits per heavy atom. The summed E-state index contributed by atoms with van der Waals surface area (Å²) in [5.74, 6) is -0.878. The summed E-state index contributed by atoms with van der Waals surface area (Å²) in [6.07, 6.45) is 3.54. The molecule has 1 aliphatic rings. The molecular weight excluding hydrogens is 516 g/mol. The van der Waals surface area contributed by atoms with Crippen molar-refractivity contribution in [2.75, 3.05) is 5.32 Å². The molecule has 9 nitrogen and oxygen atoms in total. The summed E-state index contributed by atoms with van der Waals surface area (Å²) in [5.41, 5.74) is 6.91. The van der Waals surface area contributed by atoms with E-state index in [4.69, 9.17) is 5.73 Å². The van der Waals surface area contributed by atoms with Crippen molar-refractivity contribution in [1.29, 1.82) is 0 Å². The van der Waals surface area contributed by atoms with E-state index in [1.165, 1.54) is 6.20 Å². The van der Waals surface area contributed by atoms with Crippen molar-refractivity contribution in [2.45, 2.75) is 84.0 Å². The monoisotopic (exact) mass is 558 g/mol. The molecule has 0 fully saturated rings. The number of anilines is 1. The fourth-order valence-corrected chi connectivity index (χ4v) is 5.45. The van der Waals surface area contributed by atoms with Crippen molar-refractivity contribution >= 4 is 23.5 Å². The highest BCUT2D eigenvalue weighted by Crippen LogP contribution is 2.40. The number of primary amides is 1. The summed E-state index contributed by atoms with van der Waals surface area (Å²) in [6, 6.07) is 16.7. The van der Waals surface area contributed by atoms with Crippen molar-refractivity contribution in [1.82, 2.24) is 20.4 Å². The first kappa shape index (κ1) is 29.8. The number of aryl methyl sites for hydroxylation is 1. The van der Waals surface area contributed by atoms with Gasteiger partial charge in [0.05, 0.1) is 17.8 Å². The summed E-state index contributed by atoms with van der Waals surface area (Å²) in [7, 11) is 0. The van der Waals surface area contributed by atoms with Crippen LogP contribution < -0.4 is 21.7 Å². The normalized spacial score (nSPS) is 18.0. The summed E-state index contributed by atoms with van der Waals surface area (Å²) < 4.78 is 1.83. The Balaban J connectivity index is 1.69. The van der Waals surface area contributed by atoms with Crippen LogP contribution in [-0.2, 0) is 27.1 Å². The molecule has 0 radical (unpaired) electrons. The summed E-state index contributed by atoms with van der Waals surface area (Å²) >= 11 is 0. The van der Waals surface area contributed by atoms with Gasteiger partial charge in [0, 0.05) is 0 Å². The van der Waals surface area contributed by atoms with Gasteiger partial charge in [-0.1, -0.05) is 75.4 Å². The van der Waals surface area contributed by atoms with Crippen LogP contribution in [0.25, 0.3) is 0 Å². The van der Waals surface area contributed by atoms with Gasteiger partial charge < -0.3 is 21.7 Å². The fourth-order valence-electron chi connectivity index (χ4n) is 5.45. The molecule has 0 aliphatic carbocycles. The highest BCUT2D eigenvalue weighted by molar-refractivity contribution is 6.03. The zero-order valence-electron chi connectivity index (χ0n) is 24.8. The van der Waals surface area contributed by atoms with Gasteiger partial charge in [0.15, 0.2) is 0 Å². The molecule has 2 heterocycles. The molecule has 3 amide bonds. The van der Waals surface area contributed by atoms with Gasteiger partial charge in [-0.15, -0.1) is 0 Å². The zero-order chi connectivity index (χ0) is 29.9. The summed E-state index contributed by atoms with van der Waals surface area (Å²) in [4.78, 5) is 40.0. The number of fused-ring (bicyclic) bond motifs is 1. The minimum Gasteiger partial charge on any atom is -0.368 e. The molecule has 0 saturated carbocycles. The Morgan fingerprint density at radius 2 is 1.78 bits per heavy atom. The van der Waals surface area contributed by atoms with E-state index in [9.17, 15) is 14.4 Å². The second kappa shape index (κ2) is 11.8. The topological polar surface area (TPSA) is 131 Å². The maximum Gasteiger partial charge on any atom is 0.257 e. The molecule has 0 spiro atoms. The standard InChI is InChI=1S/C32H42N6O3/c1-7-21-13-15-23(16-14-21)32(6,30(41)36-25(27(33)39)17-20(2)3)37-29(40)24-19-34-38-28(24)35-26(18-31(38,4)5)22-11-9-8-10-12-22/h8-16,19-20,25-26,35H,7,17-18H2,1-6H3,(H2,33,39)(H,36,41)(H,37,40)/t25-,26+,32?/m0/s1. The van der Waals surface area contributed by atoms with Crippen molar-refractivity contribution in [3.8, 4) is 0 Å². The second-order valence-electron chi connectivity index (χ2n) is 12.1. The Hall–Kier alpha value is -4.14. The highest BCUT2D eigenvalue weighted by atomic mass is 16.2. The molecule has 3 atom stereocenters. The molecular formula is C32H42N6O3. The third-order valence-corrected chi connectivity index (χ3v) is 7.92. The first-order valence-electron chi connectivity index (χ1n) is 14.3. The average Bonchev–Trinajstić information content (AvgIpc) is 3.38. The number of nitrogens with zero attached hydrogens (tertiary/aromatic N) is 2. The third kappa shape index (κ3) is 6.29. The maximum absolute atomic E-state index is 14.0. The number of amides is 3. The first-order chi connectivity index (χ1) is 19.4. The second-order valence-corrected chi connectivity index (χ2v) is 12.1. The van der Waals surface area contributed by atoms with E-state index < -0.39 is 29.3 Å². The van der Waals surface area contributed by atoms with Crippen molar-refractivity contribution in [3.63, 3.8) is 0 Å². The van der Waals surface area contributed by atoms with Crippen molar-refractivity contribution in [3.05, 3.63) is 83.0 Å². The fraction of sp³-hybridized carbons (Fsp3) is 0.438. The van der Waals surface area contributed by atoms with Gasteiger partial charge in [-0.25, -0.2) is 4.68 Å². The summed E-state index contributed by atoms with van der Waals surface area (Å²) in [5, 5.41) is 13.9. The van der Waals surface area contributed by atoms with E-state index in [1.54, 1.807) is 6.92 Å². The molecule has 9 heteroatoms. The number of hydrogen-bond donors (Lipinski definition) is 4. The quantitative estimate of drug-likeness (QED) is 0.293. The number of carbonyl (C=O) groups excluding carboxylic acids is 3. The van der Waals surface area contributed by atoms with Crippen LogP contribution in [0.1, 0.15) is 87.5 Å². The molecule has 0 saturated heterocycles. The van der Waals surface area contributed by atoms with E-state index in [0.717, 1.165) is 24.0 Å². The van der Waals surface area contributed by atoms with Gasteiger partial charge in [-0.05, 0) is 62.6 Å². The molecule has 3 aromatic rings. The predicted octanol–water partition coefficient (Wildman–Crippen LogP) is 4.40.